The van der Waals surface area contributed by atoms with Crippen molar-refractivity contribution in [3.05, 3.63) is 89.5 Å². The maximum atomic E-state index is 12.2. The van der Waals surface area contributed by atoms with E-state index in [1.807, 2.05) is 48.5 Å². The molecule has 0 saturated carbocycles. The van der Waals surface area contributed by atoms with Crippen LogP contribution in [0, 0.1) is 0 Å². The summed E-state index contributed by atoms with van der Waals surface area (Å²) in [6.07, 6.45) is 0. The van der Waals surface area contributed by atoms with Gasteiger partial charge < -0.3 is 24.6 Å². The molecule has 4 aromatic rings. The summed E-state index contributed by atoms with van der Waals surface area (Å²) in [5.74, 6) is -0.406. The second kappa shape index (κ2) is 11.1. The van der Waals surface area contributed by atoms with Crippen molar-refractivity contribution in [3.8, 4) is 5.88 Å². The van der Waals surface area contributed by atoms with Crippen molar-refractivity contribution in [1.82, 2.24) is 9.88 Å². The molecule has 7 nitrogen and oxygen atoms in total. The molecule has 1 aromatic heterocycles. The van der Waals surface area contributed by atoms with Crippen LogP contribution in [0.1, 0.15) is 28.4 Å². The molecule has 0 fully saturated rings. The lowest BCUT2D eigenvalue weighted by atomic mass is 10.00. The van der Waals surface area contributed by atoms with Gasteiger partial charge in [-0.25, -0.2) is 9.79 Å². The summed E-state index contributed by atoms with van der Waals surface area (Å²) in [6.45, 7) is 3.95. The molecule has 1 heterocycles. The van der Waals surface area contributed by atoms with E-state index < -0.39 is 5.97 Å². The topological polar surface area (TPSA) is 81.2 Å². The van der Waals surface area contributed by atoms with Crippen molar-refractivity contribution in [2.75, 3.05) is 45.7 Å². The molecule has 0 aliphatic rings. The molecule has 0 amide bonds. The van der Waals surface area contributed by atoms with Gasteiger partial charge >= 0.3 is 5.97 Å². The Balaban J connectivity index is 1.75. The minimum Gasteiger partial charge on any atom is -0.494 e. The Labute approximate surface area is 211 Å². The lowest BCUT2D eigenvalue weighted by molar-refractivity contribution is 0.0526. The van der Waals surface area contributed by atoms with Crippen LogP contribution < -0.4 is 4.90 Å². The Bertz CT molecular complexity index is 1360. The second-order valence-electron chi connectivity index (χ2n) is 8.90. The first-order chi connectivity index (χ1) is 17.4. The number of esters is 1. The van der Waals surface area contributed by atoms with E-state index in [0.29, 0.717) is 29.0 Å². The second-order valence-corrected chi connectivity index (χ2v) is 8.90. The predicted molar refractivity (Wildman–Crippen MR) is 146 cm³/mol. The van der Waals surface area contributed by atoms with Gasteiger partial charge in [0.2, 0.25) is 0 Å². The fraction of sp³-hybridized carbons (Fsp3) is 0.241. The third-order valence-corrected chi connectivity index (χ3v) is 5.99. The number of fused-ring (bicyclic) bond motifs is 1. The minimum atomic E-state index is -0.400. The van der Waals surface area contributed by atoms with E-state index in [9.17, 15) is 9.90 Å². The van der Waals surface area contributed by atoms with Crippen LogP contribution in [0.5, 0.6) is 5.88 Å². The molecule has 4 rings (SSSR count). The molecule has 7 heteroatoms. The number of rotatable bonds is 9. The van der Waals surface area contributed by atoms with Crippen molar-refractivity contribution in [3.63, 3.8) is 0 Å². The van der Waals surface area contributed by atoms with Gasteiger partial charge in [-0.3, -0.25) is 0 Å². The molecule has 0 unspecified atom stereocenters. The summed E-state index contributed by atoms with van der Waals surface area (Å²) in [4.78, 5) is 24.5. The first-order valence-corrected chi connectivity index (χ1v) is 12.0. The number of aromatic hydroxyl groups is 1. The number of carbonyl (C=O) groups is 1. The number of carbonyl (C=O) groups excluding carboxylic acids is 1. The number of hydrogen-bond acceptors (Lipinski definition) is 6. The van der Waals surface area contributed by atoms with E-state index >= 15 is 0 Å². The number of anilines is 1. The molecule has 3 aromatic carbocycles. The molecular weight excluding hydrogens is 452 g/mol. The zero-order valence-corrected chi connectivity index (χ0v) is 21.2. The van der Waals surface area contributed by atoms with Crippen molar-refractivity contribution in [2.24, 2.45) is 4.99 Å². The molecule has 0 saturated heterocycles. The van der Waals surface area contributed by atoms with Crippen LogP contribution in [0.3, 0.4) is 0 Å². The monoisotopic (exact) mass is 484 g/mol. The number of hydrogen-bond donors (Lipinski definition) is 2. The number of ether oxygens (including phenoxy) is 1. The Morgan fingerprint density at radius 1 is 0.944 bits per heavy atom. The van der Waals surface area contributed by atoms with Gasteiger partial charge in [0.05, 0.1) is 29.1 Å². The number of nitrogens with one attached hydrogen (secondary N) is 1. The highest BCUT2D eigenvalue weighted by Gasteiger charge is 2.20. The Hall–Kier alpha value is -4.10. The fourth-order valence-corrected chi connectivity index (χ4v) is 4.02. The lowest BCUT2D eigenvalue weighted by Gasteiger charge is -2.21. The van der Waals surface area contributed by atoms with Crippen LogP contribution in [0.15, 0.2) is 77.8 Å². The van der Waals surface area contributed by atoms with E-state index in [2.05, 4.69) is 48.1 Å². The molecule has 0 spiro atoms. The number of aromatic nitrogens is 1. The molecule has 0 aliphatic heterocycles. The summed E-state index contributed by atoms with van der Waals surface area (Å²) in [5.41, 5.74) is 5.03. The van der Waals surface area contributed by atoms with Gasteiger partial charge in [0.1, 0.15) is 0 Å². The standard InChI is InChI=1S/C29H32N4O3/c1-5-36-29(35)21-11-16-24-25(19-21)31-28(34)26(24)27(20-9-7-6-8-10-20)30-22-12-14-23(15-13-22)33(4)18-17-32(2)3/h6-16,19,31,34H,5,17-18H2,1-4H3. The first kappa shape index (κ1) is 25.0. The van der Waals surface area contributed by atoms with E-state index in [4.69, 9.17) is 9.73 Å². The van der Waals surface area contributed by atoms with Crippen LogP contribution in [0.4, 0.5) is 11.4 Å². The summed E-state index contributed by atoms with van der Waals surface area (Å²) in [6, 6.07) is 23.0. The van der Waals surface area contributed by atoms with E-state index in [-0.39, 0.29) is 5.88 Å². The lowest BCUT2D eigenvalue weighted by Crippen LogP contribution is -2.28. The van der Waals surface area contributed by atoms with Crippen molar-refractivity contribution < 1.29 is 14.6 Å². The smallest absolute Gasteiger partial charge is 0.338 e. The average Bonchev–Trinajstić information content (AvgIpc) is 3.21. The zero-order chi connectivity index (χ0) is 25.7. The van der Waals surface area contributed by atoms with E-state index in [1.54, 1.807) is 19.1 Å². The van der Waals surface area contributed by atoms with Crippen molar-refractivity contribution >= 4 is 34.0 Å². The summed E-state index contributed by atoms with van der Waals surface area (Å²) in [5, 5.41) is 11.7. The third kappa shape index (κ3) is 5.58. The zero-order valence-electron chi connectivity index (χ0n) is 21.2. The Morgan fingerprint density at radius 2 is 1.67 bits per heavy atom. The fourth-order valence-electron chi connectivity index (χ4n) is 4.02. The summed E-state index contributed by atoms with van der Waals surface area (Å²) < 4.78 is 5.12. The van der Waals surface area contributed by atoms with E-state index in [0.717, 1.165) is 35.4 Å². The summed E-state index contributed by atoms with van der Waals surface area (Å²) in [7, 11) is 6.20. The minimum absolute atomic E-state index is 0.00588. The van der Waals surface area contributed by atoms with Gasteiger partial charge in [-0.1, -0.05) is 36.4 Å². The third-order valence-electron chi connectivity index (χ3n) is 5.99. The average molecular weight is 485 g/mol. The van der Waals surface area contributed by atoms with Crippen molar-refractivity contribution in [1.29, 1.82) is 0 Å². The molecular formula is C29H32N4O3. The van der Waals surface area contributed by atoms with Crippen LogP contribution in [0.25, 0.3) is 10.9 Å². The molecule has 0 atom stereocenters. The molecule has 186 valence electrons. The largest absolute Gasteiger partial charge is 0.494 e. The van der Waals surface area contributed by atoms with Crippen LogP contribution in [0.2, 0.25) is 0 Å². The quantitative estimate of drug-likeness (QED) is 0.252. The number of likely N-dealkylation sites (N-methyl/N-ethyl adjacent to an activating group) is 2. The SMILES string of the molecule is CCOC(=O)c1ccc2c(C(=Nc3ccc(N(C)CCN(C)C)cc3)c3ccccc3)c(O)[nH]c2c1. The Kier molecular flexibility index (Phi) is 7.71. The number of nitrogens with zero attached hydrogens (tertiary/aromatic N) is 3. The van der Waals surface area contributed by atoms with E-state index in [1.165, 1.54) is 0 Å². The highest BCUT2D eigenvalue weighted by Crippen LogP contribution is 2.32. The number of aliphatic imine (C=N–C) groups is 1. The number of benzene rings is 3. The maximum absolute atomic E-state index is 12.2. The molecule has 0 aliphatic carbocycles. The highest BCUT2D eigenvalue weighted by molar-refractivity contribution is 6.22. The number of aromatic amines is 1. The first-order valence-electron chi connectivity index (χ1n) is 12.0. The predicted octanol–water partition coefficient (Wildman–Crippen LogP) is 5.22. The number of H-pyrrole nitrogens is 1. The van der Waals surface area contributed by atoms with Gasteiger partial charge in [0, 0.05) is 42.3 Å². The Morgan fingerprint density at radius 3 is 2.33 bits per heavy atom. The van der Waals surface area contributed by atoms with Gasteiger partial charge in [0.25, 0.3) is 0 Å². The molecule has 2 N–H and O–H groups in total. The molecule has 0 radical (unpaired) electrons. The van der Waals surface area contributed by atoms with Gasteiger partial charge in [-0.05, 0) is 57.4 Å². The van der Waals surface area contributed by atoms with Gasteiger partial charge in [0.15, 0.2) is 5.88 Å². The van der Waals surface area contributed by atoms with Crippen LogP contribution in [-0.4, -0.2) is 67.5 Å². The van der Waals surface area contributed by atoms with Crippen molar-refractivity contribution in [2.45, 2.75) is 6.92 Å². The molecule has 0 bridgehead atoms. The highest BCUT2D eigenvalue weighted by atomic mass is 16.5. The van der Waals surface area contributed by atoms with Crippen LogP contribution in [-0.2, 0) is 4.74 Å². The summed E-state index contributed by atoms with van der Waals surface area (Å²) >= 11 is 0. The van der Waals surface area contributed by atoms with Gasteiger partial charge in [-0.15, -0.1) is 0 Å². The van der Waals surface area contributed by atoms with Gasteiger partial charge in [-0.2, -0.15) is 0 Å². The maximum Gasteiger partial charge on any atom is 0.338 e. The van der Waals surface area contributed by atoms with Crippen LogP contribution >= 0.6 is 0 Å². The normalized spacial score (nSPS) is 11.8. The molecule has 36 heavy (non-hydrogen) atoms.